The molecule has 0 aliphatic heterocycles. The number of unbranched alkanes of at least 4 members (excludes halogenated alkanes) is 1. The van der Waals surface area contributed by atoms with Gasteiger partial charge >= 0.3 is 6.18 Å². The smallest absolute Gasteiger partial charge is 0.390 e. The van der Waals surface area contributed by atoms with Gasteiger partial charge in [-0.05, 0) is 31.0 Å². The van der Waals surface area contributed by atoms with E-state index >= 15 is 0 Å². The van der Waals surface area contributed by atoms with Crippen LogP contribution in [0.5, 0.6) is 0 Å². The van der Waals surface area contributed by atoms with Gasteiger partial charge in [-0.2, -0.15) is 13.2 Å². The SMILES string of the molecule is CC(C)(C)[Si](C)(C)OCCCCC(I)CC(F)(F)F. The van der Waals surface area contributed by atoms with E-state index in [0.29, 0.717) is 13.0 Å². The summed E-state index contributed by atoms with van der Waals surface area (Å²) in [7, 11) is -1.70. The molecule has 0 aliphatic rings. The zero-order valence-corrected chi connectivity index (χ0v) is 15.7. The summed E-state index contributed by atoms with van der Waals surface area (Å²) in [5, 5.41) is 0.190. The molecule has 0 saturated carbocycles. The summed E-state index contributed by atoms with van der Waals surface area (Å²) in [6, 6.07) is 0. The second-order valence-corrected chi connectivity index (χ2v) is 13.1. The van der Waals surface area contributed by atoms with Gasteiger partial charge in [0.1, 0.15) is 0 Å². The Labute approximate surface area is 129 Å². The lowest BCUT2D eigenvalue weighted by Gasteiger charge is -2.36. The first-order valence-corrected chi connectivity index (χ1v) is 10.9. The van der Waals surface area contributed by atoms with Crippen LogP contribution >= 0.6 is 22.6 Å². The van der Waals surface area contributed by atoms with Crippen molar-refractivity contribution in [3.05, 3.63) is 0 Å². The van der Waals surface area contributed by atoms with E-state index in [1.807, 2.05) is 22.6 Å². The number of halogens is 4. The minimum absolute atomic E-state index is 0.190. The highest BCUT2D eigenvalue weighted by atomic mass is 127. The molecule has 0 bridgehead atoms. The van der Waals surface area contributed by atoms with E-state index in [0.717, 1.165) is 12.8 Å². The highest BCUT2D eigenvalue weighted by molar-refractivity contribution is 14.1. The highest BCUT2D eigenvalue weighted by Gasteiger charge is 2.36. The van der Waals surface area contributed by atoms with Gasteiger partial charge in [0.05, 0.1) is 6.42 Å². The quantitative estimate of drug-likeness (QED) is 0.219. The molecular formula is C13H26F3IOSi. The molecule has 0 aromatic heterocycles. The minimum atomic E-state index is -4.04. The molecule has 0 radical (unpaired) electrons. The van der Waals surface area contributed by atoms with Gasteiger partial charge in [-0.3, -0.25) is 0 Å². The molecule has 1 atom stereocenters. The Bertz CT molecular complexity index is 262. The van der Waals surface area contributed by atoms with Crippen LogP contribution in [-0.4, -0.2) is 25.0 Å². The normalized spacial score (nSPS) is 15.6. The van der Waals surface area contributed by atoms with Gasteiger partial charge in [0.15, 0.2) is 8.32 Å². The third-order valence-corrected chi connectivity index (χ3v) is 9.24. The van der Waals surface area contributed by atoms with Crippen molar-refractivity contribution in [1.29, 1.82) is 0 Å². The van der Waals surface area contributed by atoms with E-state index in [4.69, 9.17) is 4.43 Å². The molecule has 6 heteroatoms. The summed E-state index contributed by atoms with van der Waals surface area (Å²) in [6.45, 7) is 11.6. The fraction of sp³-hybridized carbons (Fsp3) is 1.00. The van der Waals surface area contributed by atoms with Gasteiger partial charge in [0, 0.05) is 10.5 Å². The molecule has 0 heterocycles. The second kappa shape index (κ2) is 7.63. The number of hydrogen-bond donors (Lipinski definition) is 0. The maximum atomic E-state index is 12.1. The lowest BCUT2D eigenvalue weighted by Crippen LogP contribution is -2.40. The standard InChI is InChI=1S/C13H26F3IOSi/c1-12(2,3)19(4,5)18-9-7-6-8-11(17)10-13(14,15)16/h11H,6-10H2,1-5H3. The number of hydrogen-bond acceptors (Lipinski definition) is 1. The molecule has 0 amide bonds. The van der Waals surface area contributed by atoms with Crippen molar-refractivity contribution in [2.24, 2.45) is 0 Å². The molecule has 0 aliphatic carbocycles. The van der Waals surface area contributed by atoms with Crippen molar-refractivity contribution >= 4 is 30.9 Å². The molecule has 1 unspecified atom stereocenters. The zero-order chi connectivity index (χ0) is 15.3. The summed E-state index contributed by atoms with van der Waals surface area (Å²) in [5.74, 6) is 0. The summed E-state index contributed by atoms with van der Waals surface area (Å²) < 4.78 is 42.1. The van der Waals surface area contributed by atoms with Crippen molar-refractivity contribution in [3.8, 4) is 0 Å². The Kier molecular flexibility index (Phi) is 7.91. The topological polar surface area (TPSA) is 9.23 Å². The van der Waals surface area contributed by atoms with E-state index in [1.165, 1.54) is 0 Å². The Morgan fingerprint density at radius 3 is 2.05 bits per heavy atom. The van der Waals surface area contributed by atoms with Crippen LogP contribution in [0.4, 0.5) is 13.2 Å². The fourth-order valence-corrected chi connectivity index (χ4v) is 3.39. The summed E-state index contributed by atoms with van der Waals surface area (Å²) >= 11 is 1.90. The summed E-state index contributed by atoms with van der Waals surface area (Å²) in [4.78, 5) is 0. The van der Waals surface area contributed by atoms with Crippen LogP contribution in [0.3, 0.4) is 0 Å². The maximum absolute atomic E-state index is 12.1. The molecule has 0 N–H and O–H groups in total. The summed E-state index contributed by atoms with van der Waals surface area (Å²) in [6.07, 6.45) is -2.46. The molecule has 0 aromatic rings. The lowest BCUT2D eigenvalue weighted by atomic mass is 10.1. The number of alkyl halides is 4. The van der Waals surface area contributed by atoms with Crippen molar-refractivity contribution in [1.82, 2.24) is 0 Å². The van der Waals surface area contributed by atoms with Crippen LogP contribution in [0.2, 0.25) is 18.1 Å². The van der Waals surface area contributed by atoms with E-state index in [2.05, 4.69) is 33.9 Å². The van der Waals surface area contributed by atoms with Gasteiger partial charge in [-0.1, -0.05) is 49.8 Å². The van der Waals surface area contributed by atoms with Crippen molar-refractivity contribution in [2.75, 3.05) is 6.61 Å². The van der Waals surface area contributed by atoms with E-state index < -0.39 is 20.9 Å². The van der Waals surface area contributed by atoms with Crippen molar-refractivity contribution < 1.29 is 17.6 Å². The molecule has 0 aromatic carbocycles. The first-order chi connectivity index (χ1) is 8.35. The van der Waals surface area contributed by atoms with Crippen LogP contribution < -0.4 is 0 Å². The Morgan fingerprint density at radius 2 is 1.63 bits per heavy atom. The van der Waals surface area contributed by atoms with E-state index in [9.17, 15) is 13.2 Å². The second-order valence-electron chi connectivity index (χ2n) is 6.52. The highest BCUT2D eigenvalue weighted by Crippen LogP contribution is 2.36. The molecule has 116 valence electrons. The van der Waals surface area contributed by atoms with Gasteiger partial charge in [0.25, 0.3) is 0 Å². The zero-order valence-electron chi connectivity index (χ0n) is 12.5. The van der Waals surface area contributed by atoms with E-state index in [-0.39, 0.29) is 8.96 Å². The van der Waals surface area contributed by atoms with Crippen LogP contribution in [0.15, 0.2) is 0 Å². The molecule has 1 nitrogen and oxygen atoms in total. The van der Waals surface area contributed by atoms with Crippen LogP contribution in [0, 0.1) is 0 Å². The van der Waals surface area contributed by atoms with E-state index in [1.54, 1.807) is 0 Å². The first kappa shape index (κ1) is 19.7. The average molecular weight is 410 g/mol. The molecule has 0 spiro atoms. The maximum Gasteiger partial charge on any atom is 0.390 e. The third kappa shape index (κ3) is 9.28. The molecule has 0 rings (SSSR count). The Hall–Kier alpha value is 0.697. The molecular weight excluding hydrogens is 384 g/mol. The third-order valence-electron chi connectivity index (χ3n) is 3.63. The van der Waals surface area contributed by atoms with Crippen LogP contribution in [-0.2, 0) is 4.43 Å². The monoisotopic (exact) mass is 410 g/mol. The lowest BCUT2D eigenvalue weighted by molar-refractivity contribution is -0.133. The first-order valence-electron chi connectivity index (χ1n) is 6.70. The minimum Gasteiger partial charge on any atom is -0.417 e. The molecule has 19 heavy (non-hydrogen) atoms. The van der Waals surface area contributed by atoms with Gasteiger partial charge in [-0.25, -0.2) is 0 Å². The average Bonchev–Trinajstić information content (AvgIpc) is 2.11. The molecule has 0 saturated heterocycles. The summed E-state index contributed by atoms with van der Waals surface area (Å²) in [5.41, 5.74) is 0. The fourth-order valence-electron chi connectivity index (χ4n) is 1.36. The number of rotatable bonds is 7. The largest absolute Gasteiger partial charge is 0.417 e. The van der Waals surface area contributed by atoms with Gasteiger partial charge < -0.3 is 4.43 Å². The molecule has 0 fully saturated rings. The van der Waals surface area contributed by atoms with Crippen LogP contribution in [0.1, 0.15) is 46.5 Å². The van der Waals surface area contributed by atoms with Crippen molar-refractivity contribution in [3.63, 3.8) is 0 Å². The van der Waals surface area contributed by atoms with Crippen molar-refractivity contribution in [2.45, 2.75) is 74.7 Å². The predicted molar refractivity (Wildman–Crippen MR) is 85.5 cm³/mol. The van der Waals surface area contributed by atoms with Gasteiger partial charge in [-0.15, -0.1) is 0 Å². The Balaban J connectivity index is 3.77. The predicted octanol–water partition coefficient (Wildman–Crippen LogP) is 5.93. The van der Waals surface area contributed by atoms with Gasteiger partial charge in [0.2, 0.25) is 0 Å². The Morgan fingerprint density at radius 1 is 1.11 bits per heavy atom. The van der Waals surface area contributed by atoms with Crippen LogP contribution in [0.25, 0.3) is 0 Å².